The highest BCUT2D eigenvalue weighted by atomic mass is 79.9. The van der Waals surface area contributed by atoms with Crippen LogP contribution in [0.25, 0.3) is 0 Å². The lowest BCUT2D eigenvalue weighted by Gasteiger charge is -2.18. The molecule has 1 amide bonds. The summed E-state index contributed by atoms with van der Waals surface area (Å²) >= 11 is 14.9. The van der Waals surface area contributed by atoms with E-state index in [9.17, 15) is 4.79 Å². The Morgan fingerprint density at radius 3 is 2.72 bits per heavy atom. The Hall–Kier alpha value is -0.250. The average Bonchev–Trinajstić information content (AvgIpc) is 2.36. The summed E-state index contributed by atoms with van der Waals surface area (Å²) in [7, 11) is 1.80. The van der Waals surface area contributed by atoms with E-state index < -0.39 is 0 Å². The minimum absolute atomic E-state index is 0.0183. The van der Waals surface area contributed by atoms with Gasteiger partial charge in [0.15, 0.2) is 0 Å². The van der Waals surface area contributed by atoms with Gasteiger partial charge >= 0.3 is 0 Å². The van der Waals surface area contributed by atoms with Gasteiger partial charge in [0, 0.05) is 29.0 Å². The van der Waals surface area contributed by atoms with E-state index in [-0.39, 0.29) is 5.91 Å². The molecule has 5 heteroatoms. The van der Waals surface area contributed by atoms with Crippen LogP contribution in [0.1, 0.15) is 29.6 Å². The first-order chi connectivity index (χ1) is 8.56. The van der Waals surface area contributed by atoms with E-state index in [2.05, 4.69) is 15.9 Å². The summed E-state index contributed by atoms with van der Waals surface area (Å²) in [5, 5.41) is 0.567. The third-order valence-electron chi connectivity index (χ3n) is 2.63. The standard InChI is InChI=1S/C13H16BrCl2NO/c1-17(8-4-2-3-7-15)13(18)11-9-10(16)5-6-12(11)14/h5-6,9H,2-4,7-8H2,1H3. The van der Waals surface area contributed by atoms with Crippen molar-refractivity contribution in [3.63, 3.8) is 0 Å². The van der Waals surface area contributed by atoms with E-state index in [4.69, 9.17) is 23.2 Å². The van der Waals surface area contributed by atoms with Gasteiger partial charge in [-0.15, -0.1) is 11.6 Å². The van der Waals surface area contributed by atoms with Crippen LogP contribution in [0.5, 0.6) is 0 Å². The molecule has 0 bridgehead atoms. The molecule has 0 N–H and O–H groups in total. The smallest absolute Gasteiger partial charge is 0.254 e. The zero-order valence-electron chi connectivity index (χ0n) is 10.3. The maximum absolute atomic E-state index is 12.2. The van der Waals surface area contributed by atoms with E-state index in [1.54, 1.807) is 30.1 Å². The molecule has 0 heterocycles. The van der Waals surface area contributed by atoms with Crippen LogP contribution in [0.4, 0.5) is 0 Å². The molecular formula is C13H16BrCl2NO. The van der Waals surface area contributed by atoms with Crippen LogP contribution in [-0.2, 0) is 0 Å². The summed E-state index contributed by atoms with van der Waals surface area (Å²) in [4.78, 5) is 13.9. The molecule has 0 radical (unpaired) electrons. The highest BCUT2D eigenvalue weighted by molar-refractivity contribution is 9.10. The Kier molecular flexibility index (Phi) is 7.05. The normalized spacial score (nSPS) is 10.4. The van der Waals surface area contributed by atoms with E-state index in [0.29, 0.717) is 16.5 Å². The molecule has 100 valence electrons. The number of amides is 1. The maximum atomic E-state index is 12.2. The van der Waals surface area contributed by atoms with Gasteiger partial charge in [0.05, 0.1) is 5.56 Å². The van der Waals surface area contributed by atoms with Gasteiger partial charge in [0.2, 0.25) is 0 Å². The van der Waals surface area contributed by atoms with Gasteiger partial charge in [-0.05, 0) is 47.0 Å². The number of hydrogen-bond donors (Lipinski definition) is 0. The molecule has 0 aromatic heterocycles. The molecule has 0 aliphatic carbocycles. The Balaban J connectivity index is 2.60. The number of carbonyl (C=O) groups excluding carboxylic acids is 1. The number of halogens is 3. The number of alkyl halides is 1. The molecule has 0 saturated carbocycles. The molecule has 0 aliphatic heterocycles. The van der Waals surface area contributed by atoms with E-state index in [0.717, 1.165) is 30.3 Å². The largest absolute Gasteiger partial charge is 0.342 e. The minimum Gasteiger partial charge on any atom is -0.342 e. The Morgan fingerprint density at radius 2 is 2.06 bits per heavy atom. The second kappa shape index (κ2) is 8.03. The van der Waals surface area contributed by atoms with E-state index in [1.807, 2.05) is 0 Å². The van der Waals surface area contributed by atoms with Crippen LogP contribution in [0.15, 0.2) is 22.7 Å². The van der Waals surface area contributed by atoms with Gasteiger partial charge in [-0.1, -0.05) is 18.0 Å². The van der Waals surface area contributed by atoms with Gasteiger partial charge in [-0.25, -0.2) is 0 Å². The van der Waals surface area contributed by atoms with Crippen LogP contribution in [0, 0.1) is 0 Å². The predicted molar refractivity (Wildman–Crippen MR) is 80.7 cm³/mol. The Bertz CT molecular complexity index is 412. The van der Waals surface area contributed by atoms with E-state index >= 15 is 0 Å². The minimum atomic E-state index is -0.0183. The van der Waals surface area contributed by atoms with Crippen molar-refractivity contribution in [1.29, 1.82) is 0 Å². The van der Waals surface area contributed by atoms with Crippen molar-refractivity contribution in [2.75, 3.05) is 19.5 Å². The van der Waals surface area contributed by atoms with Crippen molar-refractivity contribution in [2.24, 2.45) is 0 Å². The van der Waals surface area contributed by atoms with Gasteiger partial charge in [0.25, 0.3) is 5.91 Å². The third kappa shape index (κ3) is 4.79. The van der Waals surface area contributed by atoms with Crippen LogP contribution < -0.4 is 0 Å². The SMILES string of the molecule is CN(CCCCCCl)C(=O)c1cc(Cl)ccc1Br. The fourth-order valence-corrected chi connectivity index (χ4v) is 2.37. The molecule has 0 fully saturated rings. The van der Waals surface area contributed by atoms with Crippen molar-refractivity contribution in [2.45, 2.75) is 19.3 Å². The summed E-state index contributed by atoms with van der Waals surface area (Å²) in [5.41, 5.74) is 0.599. The van der Waals surface area contributed by atoms with Crippen LogP contribution in [0.2, 0.25) is 5.02 Å². The highest BCUT2D eigenvalue weighted by Gasteiger charge is 2.14. The van der Waals surface area contributed by atoms with Gasteiger partial charge in [-0.3, -0.25) is 4.79 Å². The quantitative estimate of drug-likeness (QED) is 0.541. The first-order valence-electron chi connectivity index (χ1n) is 5.82. The van der Waals surface area contributed by atoms with Crippen molar-refractivity contribution < 1.29 is 4.79 Å². The lowest BCUT2D eigenvalue weighted by atomic mass is 10.2. The van der Waals surface area contributed by atoms with Crippen LogP contribution in [-0.4, -0.2) is 30.3 Å². The number of benzene rings is 1. The van der Waals surface area contributed by atoms with Crippen LogP contribution >= 0.6 is 39.1 Å². The first kappa shape index (κ1) is 15.8. The molecule has 1 rings (SSSR count). The second-order valence-electron chi connectivity index (χ2n) is 4.10. The fourth-order valence-electron chi connectivity index (χ4n) is 1.59. The molecule has 0 unspecified atom stereocenters. The van der Waals surface area contributed by atoms with Crippen molar-refractivity contribution in [3.8, 4) is 0 Å². The van der Waals surface area contributed by atoms with Gasteiger partial charge < -0.3 is 4.90 Å². The zero-order valence-corrected chi connectivity index (χ0v) is 13.4. The maximum Gasteiger partial charge on any atom is 0.254 e. The second-order valence-corrected chi connectivity index (χ2v) is 5.77. The topological polar surface area (TPSA) is 20.3 Å². The summed E-state index contributed by atoms with van der Waals surface area (Å²) in [6.45, 7) is 0.731. The number of nitrogens with zero attached hydrogens (tertiary/aromatic N) is 1. The summed E-state index contributed by atoms with van der Waals surface area (Å²) in [6, 6.07) is 5.23. The van der Waals surface area contributed by atoms with E-state index in [1.165, 1.54) is 0 Å². The van der Waals surface area contributed by atoms with Crippen molar-refractivity contribution in [1.82, 2.24) is 4.90 Å². The van der Waals surface area contributed by atoms with Crippen molar-refractivity contribution in [3.05, 3.63) is 33.3 Å². The zero-order chi connectivity index (χ0) is 13.5. The van der Waals surface area contributed by atoms with Crippen LogP contribution in [0.3, 0.4) is 0 Å². The first-order valence-corrected chi connectivity index (χ1v) is 7.53. The summed E-state index contributed by atoms with van der Waals surface area (Å²) < 4.78 is 0.768. The number of rotatable bonds is 6. The molecule has 0 spiro atoms. The van der Waals surface area contributed by atoms with Gasteiger partial charge in [0.1, 0.15) is 0 Å². The molecular weight excluding hydrogens is 337 g/mol. The fraction of sp³-hybridized carbons (Fsp3) is 0.462. The molecule has 18 heavy (non-hydrogen) atoms. The number of carbonyl (C=O) groups is 1. The molecule has 1 aromatic rings. The third-order valence-corrected chi connectivity index (χ3v) is 3.83. The lowest BCUT2D eigenvalue weighted by molar-refractivity contribution is 0.0792. The molecule has 0 atom stereocenters. The summed E-state index contributed by atoms with van der Waals surface area (Å²) in [5.74, 6) is 0.660. The number of hydrogen-bond acceptors (Lipinski definition) is 1. The number of unbranched alkanes of at least 4 members (excludes halogenated alkanes) is 2. The highest BCUT2D eigenvalue weighted by Crippen LogP contribution is 2.22. The summed E-state index contributed by atoms with van der Waals surface area (Å²) in [6.07, 6.45) is 3.00. The van der Waals surface area contributed by atoms with Crippen molar-refractivity contribution >= 4 is 45.0 Å². The molecule has 0 saturated heterocycles. The lowest BCUT2D eigenvalue weighted by Crippen LogP contribution is -2.28. The Labute approximate surface area is 126 Å². The van der Waals surface area contributed by atoms with Gasteiger partial charge in [-0.2, -0.15) is 0 Å². The predicted octanol–water partition coefficient (Wildman–Crippen LogP) is 4.58. The molecule has 2 nitrogen and oxygen atoms in total. The molecule has 0 aliphatic rings. The monoisotopic (exact) mass is 351 g/mol. The molecule has 1 aromatic carbocycles. The average molecular weight is 353 g/mol. The Morgan fingerprint density at radius 1 is 1.33 bits per heavy atom.